The van der Waals surface area contributed by atoms with Gasteiger partial charge >= 0.3 is 0 Å². The molecule has 0 bridgehead atoms. The summed E-state index contributed by atoms with van der Waals surface area (Å²) in [5, 5.41) is 3.61. The second kappa shape index (κ2) is 6.69. The van der Waals surface area contributed by atoms with Gasteiger partial charge in [0.05, 0.1) is 6.20 Å². The minimum atomic E-state index is 0.587. The highest BCUT2D eigenvalue weighted by molar-refractivity contribution is 5.35. The van der Waals surface area contributed by atoms with Crippen LogP contribution < -0.4 is 10.2 Å². The Morgan fingerprint density at radius 1 is 1.50 bits per heavy atom. The average Bonchev–Trinajstić information content (AvgIpc) is 2.46. The van der Waals surface area contributed by atoms with Gasteiger partial charge in [0.25, 0.3) is 0 Å². The molecular formula is C14H24N4. The van der Waals surface area contributed by atoms with Crippen molar-refractivity contribution < 1.29 is 0 Å². The van der Waals surface area contributed by atoms with Crippen molar-refractivity contribution in [2.75, 3.05) is 24.5 Å². The van der Waals surface area contributed by atoms with Crippen LogP contribution in [0.5, 0.6) is 0 Å². The molecule has 2 heterocycles. The highest BCUT2D eigenvalue weighted by atomic mass is 15.2. The zero-order valence-corrected chi connectivity index (χ0v) is 11.5. The minimum absolute atomic E-state index is 0.587. The Morgan fingerprint density at radius 2 is 2.39 bits per heavy atom. The van der Waals surface area contributed by atoms with E-state index in [4.69, 9.17) is 0 Å². The lowest BCUT2D eigenvalue weighted by atomic mass is 9.91. The molecule has 1 aromatic rings. The lowest BCUT2D eigenvalue weighted by Gasteiger charge is -2.36. The molecule has 4 nitrogen and oxygen atoms in total. The Bertz CT molecular complexity index is 341. The fourth-order valence-electron chi connectivity index (χ4n) is 2.62. The summed E-state index contributed by atoms with van der Waals surface area (Å²) in [5.74, 6) is 1.73. The molecule has 0 saturated carbocycles. The Balaban J connectivity index is 1.92. The molecule has 0 spiro atoms. The van der Waals surface area contributed by atoms with Gasteiger partial charge in [-0.25, -0.2) is 4.98 Å². The van der Waals surface area contributed by atoms with Crippen LogP contribution in [0, 0.1) is 5.92 Å². The van der Waals surface area contributed by atoms with E-state index in [-0.39, 0.29) is 0 Å². The third kappa shape index (κ3) is 3.42. The fraction of sp³-hybridized carbons (Fsp3) is 0.714. The summed E-state index contributed by atoms with van der Waals surface area (Å²) in [6.07, 6.45) is 9.14. The Hall–Kier alpha value is -1.16. The van der Waals surface area contributed by atoms with Crippen LogP contribution in [0.25, 0.3) is 0 Å². The molecule has 1 fully saturated rings. The largest absolute Gasteiger partial charge is 0.355 e. The van der Waals surface area contributed by atoms with Gasteiger partial charge in [-0.2, -0.15) is 0 Å². The second-order valence-electron chi connectivity index (χ2n) is 5.15. The van der Waals surface area contributed by atoms with Crippen LogP contribution in [-0.2, 0) is 0 Å². The molecule has 18 heavy (non-hydrogen) atoms. The van der Waals surface area contributed by atoms with Crippen molar-refractivity contribution in [2.24, 2.45) is 5.92 Å². The molecule has 100 valence electrons. The molecular weight excluding hydrogens is 224 g/mol. The van der Waals surface area contributed by atoms with E-state index in [2.05, 4.69) is 34.0 Å². The summed E-state index contributed by atoms with van der Waals surface area (Å²) in [4.78, 5) is 10.9. The van der Waals surface area contributed by atoms with Crippen LogP contribution in [0.2, 0.25) is 0 Å². The van der Waals surface area contributed by atoms with Crippen molar-refractivity contribution in [3.63, 3.8) is 0 Å². The fourth-order valence-corrected chi connectivity index (χ4v) is 2.62. The number of rotatable bonds is 5. The van der Waals surface area contributed by atoms with Crippen molar-refractivity contribution in [2.45, 2.75) is 39.2 Å². The third-order valence-electron chi connectivity index (χ3n) is 3.75. The highest BCUT2D eigenvalue weighted by Crippen LogP contribution is 2.23. The molecule has 0 radical (unpaired) electrons. The van der Waals surface area contributed by atoms with Crippen molar-refractivity contribution in [3.8, 4) is 0 Å². The molecule has 1 aliphatic rings. The number of nitrogens with zero attached hydrogens (tertiary/aromatic N) is 3. The third-order valence-corrected chi connectivity index (χ3v) is 3.75. The van der Waals surface area contributed by atoms with Gasteiger partial charge in [-0.3, -0.25) is 4.98 Å². The van der Waals surface area contributed by atoms with E-state index in [0.29, 0.717) is 12.0 Å². The maximum Gasteiger partial charge on any atom is 0.147 e. The van der Waals surface area contributed by atoms with Gasteiger partial charge in [-0.1, -0.05) is 6.92 Å². The predicted molar refractivity (Wildman–Crippen MR) is 74.7 cm³/mol. The van der Waals surface area contributed by atoms with E-state index in [9.17, 15) is 0 Å². The standard InChI is InChI=1S/C14H24N4/c1-3-6-16-12(2)13-5-4-9-18(11-13)14-10-15-7-8-17-14/h7-8,10,12-13,16H,3-6,9,11H2,1-2H3. The van der Waals surface area contributed by atoms with Crippen LogP contribution in [0.1, 0.15) is 33.1 Å². The van der Waals surface area contributed by atoms with Crippen LogP contribution in [0.15, 0.2) is 18.6 Å². The first-order valence-corrected chi connectivity index (χ1v) is 7.05. The molecule has 1 aliphatic heterocycles. The summed E-state index contributed by atoms with van der Waals surface area (Å²) in [6, 6.07) is 0.587. The summed E-state index contributed by atoms with van der Waals surface area (Å²) in [5.41, 5.74) is 0. The number of nitrogens with one attached hydrogen (secondary N) is 1. The summed E-state index contributed by atoms with van der Waals surface area (Å²) < 4.78 is 0. The average molecular weight is 248 g/mol. The predicted octanol–water partition coefficient (Wildman–Crippen LogP) is 2.08. The SMILES string of the molecule is CCCNC(C)C1CCCN(c2cnccn2)C1. The molecule has 0 aromatic carbocycles. The lowest BCUT2D eigenvalue weighted by Crippen LogP contribution is -2.45. The van der Waals surface area contributed by atoms with Crippen molar-refractivity contribution >= 4 is 5.82 Å². The normalized spacial score (nSPS) is 21.9. The molecule has 2 atom stereocenters. The van der Waals surface area contributed by atoms with Gasteiger partial charge in [0.1, 0.15) is 5.82 Å². The van der Waals surface area contributed by atoms with Gasteiger partial charge in [0.15, 0.2) is 0 Å². The quantitative estimate of drug-likeness (QED) is 0.866. The van der Waals surface area contributed by atoms with Crippen LogP contribution >= 0.6 is 0 Å². The van der Waals surface area contributed by atoms with Crippen LogP contribution in [0.3, 0.4) is 0 Å². The smallest absolute Gasteiger partial charge is 0.147 e. The maximum absolute atomic E-state index is 4.40. The van der Waals surface area contributed by atoms with E-state index in [1.807, 2.05) is 6.20 Å². The van der Waals surface area contributed by atoms with Gasteiger partial charge in [0.2, 0.25) is 0 Å². The molecule has 2 unspecified atom stereocenters. The topological polar surface area (TPSA) is 41.0 Å². The van der Waals surface area contributed by atoms with Gasteiger partial charge < -0.3 is 10.2 Å². The molecule has 0 aliphatic carbocycles. The zero-order chi connectivity index (χ0) is 12.8. The Labute approximate surface area is 110 Å². The second-order valence-corrected chi connectivity index (χ2v) is 5.15. The van der Waals surface area contributed by atoms with Crippen molar-refractivity contribution in [1.29, 1.82) is 0 Å². The molecule has 1 aromatic heterocycles. The number of anilines is 1. The van der Waals surface area contributed by atoms with Gasteiger partial charge in [-0.05, 0) is 38.6 Å². The molecule has 1 saturated heterocycles. The monoisotopic (exact) mass is 248 g/mol. The van der Waals surface area contributed by atoms with E-state index in [1.54, 1.807) is 12.4 Å². The Kier molecular flexibility index (Phi) is 4.93. The van der Waals surface area contributed by atoms with E-state index < -0.39 is 0 Å². The molecule has 2 rings (SSSR count). The first-order chi connectivity index (χ1) is 8.81. The zero-order valence-electron chi connectivity index (χ0n) is 11.5. The first-order valence-electron chi connectivity index (χ1n) is 7.05. The van der Waals surface area contributed by atoms with Crippen LogP contribution in [0.4, 0.5) is 5.82 Å². The first kappa shape index (κ1) is 13.3. The molecule has 0 amide bonds. The molecule has 1 N–H and O–H groups in total. The van der Waals surface area contributed by atoms with E-state index in [1.165, 1.54) is 19.3 Å². The van der Waals surface area contributed by atoms with Crippen molar-refractivity contribution in [3.05, 3.63) is 18.6 Å². The number of aromatic nitrogens is 2. The summed E-state index contributed by atoms with van der Waals surface area (Å²) >= 11 is 0. The van der Waals surface area contributed by atoms with Gasteiger partial charge in [0, 0.05) is 31.5 Å². The maximum atomic E-state index is 4.40. The number of hydrogen-bond acceptors (Lipinski definition) is 4. The van der Waals surface area contributed by atoms with E-state index in [0.717, 1.165) is 25.5 Å². The summed E-state index contributed by atoms with van der Waals surface area (Å²) in [7, 11) is 0. The van der Waals surface area contributed by atoms with E-state index >= 15 is 0 Å². The number of piperidine rings is 1. The minimum Gasteiger partial charge on any atom is -0.355 e. The summed E-state index contributed by atoms with van der Waals surface area (Å²) in [6.45, 7) is 7.84. The van der Waals surface area contributed by atoms with Crippen molar-refractivity contribution in [1.82, 2.24) is 15.3 Å². The highest BCUT2D eigenvalue weighted by Gasteiger charge is 2.24. The number of hydrogen-bond donors (Lipinski definition) is 1. The van der Waals surface area contributed by atoms with Crippen LogP contribution in [-0.4, -0.2) is 35.6 Å². The van der Waals surface area contributed by atoms with Gasteiger partial charge in [-0.15, -0.1) is 0 Å². The molecule has 4 heteroatoms. The lowest BCUT2D eigenvalue weighted by molar-refractivity contribution is 0.320. The Morgan fingerprint density at radius 3 is 3.11 bits per heavy atom.